The van der Waals surface area contributed by atoms with Gasteiger partial charge in [-0.05, 0) is 24.3 Å². The minimum atomic E-state index is 0.298. The van der Waals surface area contributed by atoms with Gasteiger partial charge in [0.15, 0.2) is 0 Å². The van der Waals surface area contributed by atoms with Crippen LogP contribution in [0, 0.1) is 11.3 Å². The van der Waals surface area contributed by atoms with Crippen molar-refractivity contribution < 1.29 is 4.74 Å². The minimum Gasteiger partial charge on any atom is -0.497 e. The zero-order valence-corrected chi connectivity index (χ0v) is 10.7. The first kappa shape index (κ1) is 11.9. The smallest absolute Gasteiger partial charge is 0.144 e. The third-order valence-corrected chi connectivity index (χ3v) is 3.76. The zero-order chi connectivity index (χ0) is 12.3. The van der Waals surface area contributed by atoms with Crippen LogP contribution in [0.5, 0.6) is 5.75 Å². The molecular formula is C12H9ClN2OS. The molecule has 0 fully saturated rings. The standard InChI is InChI=1S/C12H9ClN2OS/c1-16-9-4-2-8(3-5-9)12-15-11(13)10(17-12)6-7-14/h2-5H,6H2,1H3. The Morgan fingerprint density at radius 3 is 2.71 bits per heavy atom. The lowest BCUT2D eigenvalue weighted by Crippen LogP contribution is -1.82. The molecule has 0 saturated heterocycles. The Kier molecular flexibility index (Phi) is 3.62. The third-order valence-electron chi connectivity index (χ3n) is 2.23. The highest BCUT2D eigenvalue weighted by Gasteiger charge is 2.10. The summed E-state index contributed by atoms with van der Waals surface area (Å²) in [5, 5.41) is 9.89. The van der Waals surface area contributed by atoms with Gasteiger partial charge in [-0.25, -0.2) is 4.98 Å². The number of aromatic nitrogens is 1. The topological polar surface area (TPSA) is 45.9 Å². The first-order chi connectivity index (χ1) is 8.24. The van der Waals surface area contributed by atoms with Gasteiger partial charge in [0.1, 0.15) is 15.9 Å². The van der Waals surface area contributed by atoms with E-state index < -0.39 is 0 Å². The van der Waals surface area contributed by atoms with E-state index in [2.05, 4.69) is 11.1 Å². The molecule has 0 spiro atoms. The monoisotopic (exact) mass is 264 g/mol. The number of hydrogen-bond acceptors (Lipinski definition) is 4. The normalized spacial score (nSPS) is 9.94. The first-order valence-electron chi connectivity index (χ1n) is 4.91. The van der Waals surface area contributed by atoms with Crippen LogP contribution in [0.15, 0.2) is 24.3 Å². The molecule has 1 aromatic carbocycles. The third kappa shape index (κ3) is 2.57. The fraction of sp³-hybridized carbons (Fsp3) is 0.167. The molecule has 0 atom stereocenters. The van der Waals surface area contributed by atoms with E-state index in [4.69, 9.17) is 21.6 Å². The van der Waals surface area contributed by atoms with E-state index in [0.29, 0.717) is 11.6 Å². The van der Waals surface area contributed by atoms with Crippen molar-refractivity contribution >= 4 is 22.9 Å². The summed E-state index contributed by atoms with van der Waals surface area (Å²) in [6.07, 6.45) is 0.298. The molecule has 0 radical (unpaired) electrons. The van der Waals surface area contributed by atoms with Crippen molar-refractivity contribution in [2.24, 2.45) is 0 Å². The predicted octanol–water partition coefficient (Wildman–Crippen LogP) is 3.54. The van der Waals surface area contributed by atoms with Crippen LogP contribution >= 0.6 is 22.9 Å². The molecule has 17 heavy (non-hydrogen) atoms. The van der Waals surface area contributed by atoms with E-state index in [1.165, 1.54) is 11.3 Å². The van der Waals surface area contributed by atoms with Crippen LogP contribution < -0.4 is 4.74 Å². The summed E-state index contributed by atoms with van der Waals surface area (Å²) in [6, 6.07) is 9.65. The second-order valence-electron chi connectivity index (χ2n) is 3.30. The van der Waals surface area contributed by atoms with Gasteiger partial charge in [-0.1, -0.05) is 11.6 Å². The Balaban J connectivity index is 2.33. The summed E-state index contributed by atoms with van der Waals surface area (Å²) in [5.41, 5.74) is 0.974. The molecule has 1 aromatic heterocycles. The van der Waals surface area contributed by atoms with Crippen molar-refractivity contribution in [1.29, 1.82) is 5.26 Å². The molecule has 0 saturated carbocycles. The maximum atomic E-state index is 8.65. The molecule has 0 bridgehead atoms. The summed E-state index contributed by atoms with van der Waals surface area (Å²) in [5.74, 6) is 0.800. The lowest BCUT2D eigenvalue weighted by molar-refractivity contribution is 0.415. The molecule has 2 aromatic rings. The molecular weight excluding hydrogens is 256 g/mol. The number of nitrogens with zero attached hydrogens (tertiary/aromatic N) is 2. The Hall–Kier alpha value is -1.57. The van der Waals surface area contributed by atoms with Crippen LogP contribution in [0.4, 0.5) is 0 Å². The van der Waals surface area contributed by atoms with E-state index in [9.17, 15) is 0 Å². The maximum absolute atomic E-state index is 8.65. The van der Waals surface area contributed by atoms with Gasteiger partial charge < -0.3 is 4.74 Å². The van der Waals surface area contributed by atoms with E-state index in [1.807, 2.05) is 24.3 Å². The number of methoxy groups -OCH3 is 1. The average molecular weight is 265 g/mol. The summed E-state index contributed by atoms with van der Waals surface area (Å²) >= 11 is 7.40. The molecule has 1 heterocycles. The van der Waals surface area contributed by atoms with E-state index in [0.717, 1.165) is 21.2 Å². The molecule has 0 unspecified atom stereocenters. The van der Waals surface area contributed by atoms with Crippen molar-refractivity contribution in [3.63, 3.8) is 0 Å². The van der Waals surface area contributed by atoms with Gasteiger partial charge in [-0.3, -0.25) is 0 Å². The van der Waals surface area contributed by atoms with Crippen molar-refractivity contribution in [3.05, 3.63) is 34.3 Å². The molecule has 86 valence electrons. The number of halogens is 1. The summed E-state index contributed by atoms with van der Waals surface area (Å²) < 4.78 is 5.09. The molecule has 2 rings (SSSR count). The van der Waals surface area contributed by atoms with Crippen LogP contribution in [-0.2, 0) is 6.42 Å². The summed E-state index contributed by atoms with van der Waals surface area (Å²) in [6.45, 7) is 0. The second kappa shape index (κ2) is 5.17. The SMILES string of the molecule is COc1ccc(-c2nc(Cl)c(CC#N)s2)cc1. The van der Waals surface area contributed by atoms with Crippen molar-refractivity contribution in [2.45, 2.75) is 6.42 Å². The van der Waals surface area contributed by atoms with Crippen LogP contribution in [0.25, 0.3) is 10.6 Å². The lowest BCUT2D eigenvalue weighted by Gasteiger charge is -1.99. The first-order valence-corrected chi connectivity index (χ1v) is 6.10. The van der Waals surface area contributed by atoms with Crippen molar-refractivity contribution in [1.82, 2.24) is 4.98 Å². The van der Waals surface area contributed by atoms with Gasteiger partial charge in [0.05, 0.1) is 24.5 Å². The van der Waals surface area contributed by atoms with E-state index >= 15 is 0 Å². The van der Waals surface area contributed by atoms with E-state index in [1.54, 1.807) is 7.11 Å². The largest absolute Gasteiger partial charge is 0.497 e. The maximum Gasteiger partial charge on any atom is 0.144 e. The Morgan fingerprint density at radius 2 is 2.12 bits per heavy atom. The number of benzene rings is 1. The molecule has 0 aliphatic heterocycles. The highest BCUT2D eigenvalue weighted by Crippen LogP contribution is 2.31. The van der Waals surface area contributed by atoms with Crippen molar-refractivity contribution in [2.75, 3.05) is 7.11 Å². The van der Waals surface area contributed by atoms with Crippen LogP contribution in [-0.4, -0.2) is 12.1 Å². The number of rotatable bonds is 3. The number of nitriles is 1. The highest BCUT2D eigenvalue weighted by molar-refractivity contribution is 7.15. The highest BCUT2D eigenvalue weighted by atomic mass is 35.5. The molecule has 0 aliphatic rings. The quantitative estimate of drug-likeness (QED) is 0.852. The molecule has 0 amide bonds. The van der Waals surface area contributed by atoms with Gasteiger partial charge >= 0.3 is 0 Å². The lowest BCUT2D eigenvalue weighted by atomic mass is 10.2. The molecule has 3 nitrogen and oxygen atoms in total. The number of ether oxygens (including phenoxy) is 1. The average Bonchev–Trinajstić information content (AvgIpc) is 2.72. The van der Waals surface area contributed by atoms with Crippen molar-refractivity contribution in [3.8, 4) is 22.4 Å². The van der Waals surface area contributed by atoms with Crippen LogP contribution in [0.2, 0.25) is 5.15 Å². The van der Waals surface area contributed by atoms with Gasteiger partial charge in [0, 0.05) is 5.56 Å². The minimum absolute atomic E-state index is 0.298. The van der Waals surface area contributed by atoms with E-state index in [-0.39, 0.29) is 0 Å². The summed E-state index contributed by atoms with van der Waals surface area (Å²) in [4.78, 5) is 5.05. The molecule has 5 heteroatoms. The Morgan fingerprint density at radius 1 is 1.41 bits per heavy atom. The fourth-order valence-corrected chi connectivity index (χ4v) is 2.58. The molecule has 0 N–H and O–H groups in total. The van der Waals surface area contributed by atoms with Gasteiger partial charge in [-0.2, -0.15) is 5.26 Å². The zero-order valence-electron chi connectivity index (χ0n) is 9.11. The second-order valence-corrected chi connectivity index (χ2v) is 4.74. The predicted molar refractivity (Wildman–Crippen MR) is 68.4 cm³/mol. The number of thiazole rings is 1. The van der Waals surface area contributed by atoms with Crippen LogP contribution in [0.1, 0.15) is 4.88 Å². The summed E-state index contributed by atoms with van der Waals surface area (Å²) in [7, 11) is 1.63. The van der Waals surface area contributed by atoms with Gasteiger partial charge in [-0.15, -0.1) is 11.3 Å². The van der Waals surface area contributed by atoms with Crippen LogP contribution in [0.3, 0.4) is 0 Å². The molecule has 0 aliphatic carbocycles. The Labute approximate surface area is 108 Å². The fourth-order valence-electron chi connectivity index (χ4n) is 1.37. The Bertz CT molecular complexity index is 557. The van der Waals surface area contributed by atoms with Gasteiger partial charge in [0.25, 0.3) is 0 Å². The van der Waals surface area contributed by atoms with Gasteiger partial charge in [0.2, 0.25) is 0 Å². The number of hydrogen-bond donors (Lipinski definition) is 0.